The second-order valence-corrected chi connectivity index (χ2v) is 6.83. The molecule has 0 aliphatic carbocycles. The monoisotopic (exact) mass is 385 g/mol. The molecule has 1 amide bonds. The van der Waals surface area contributed by atoms with Crippen LogP contribution in [0.3, 0.4) is 0 Å². The quantitative estimate of drug-likeness (QED) is 0.627. The van der Waals surface area contributed by atoms with Crippen LogP contribution in [0.25, 0.3) is 11.0 Å². The molecule has 0 saturated carbocycles. The summed E-state index contributed by atoms with van der Waals surface area (Å²) in [6.45, 7) is 3.56. The number of fused-ring (bicyclic) bond motifs is 1. The minimum atomic E-state index is -0.602. The highest BCUT2D eigenvalue weighted by Crippen LogP contribution is 2.26. The topological polar surface area (TPSA) is 84.1 Å². The van der Waals surface area contributed by atoms with E-state index in [4.69, 9.17) is 16.3 Å². The second kappa shape index (κ2) is 8.22. The van der Waals surface area contributed by atoms with Crippen molar-refractivity contribution in [3.8, 4) is 0 Å². The first-order valence-electron chi connectivity index (χ1n) is 8.62. The van der Waals surface area contributed by atoms with E-state index in [0.29, 0.717) is 16.1 Å². The summed E-state index contributed by atoms with van der Waals surface area (Å²) in [5.74, 6) is -0.715. The maximum absolute atomic E-state index is 12.8. The molecular formula is C20H20ClN3O3. The Morgan fingerprint density at radius 2 is 2.00 bits per heavy atom. The van der Waals surface area contributed by atoms with Gasteiger partial charge in [0, 0.05) is 10.6 Å². The van der Waals surface area contributed by atoms with Gasteiger partial charge in [0.1, 0.15) is 0 Å². The molecule has 1 atom stereocenters. The molecule has 0 fully saturated rings. The number of ether oxygens (including phenoxy) is 1. The third kappa shape index (κ3) is 4.65. The van der Waals surface area contributed by atoms with E-state index in [2.05, 4.69) is 15.3 Å². The van der Waals surface area contributed by atoms with Crippen molar-refractivity contribution >= 4 is 34.5 Å². The molecule has 7 heteroatoms. The van der Waals surface area contributed by atoms with Gasteiger partial charge in [-0.3, -0.25) is 9.59 Å². The van der Waals surface area contributed by atoms with Crippen LogP contribution in [0, 0.1) is 0 Å². The van der Waals surface area contributed by atoms with Crippen molar-refractivity contribution in [2.24, 2.45) is 0 Å². The molecule has 6 nitrogen and oxygen atoms in total. The zero-order chi connectivity index (χ0) is 19.4. The molecule has 0 aliphatic rings. The van der Waals surface area contributed by atoms with Crippen LogP contribution in [-0.2, 0) is 9.53 Å². The molecule has 1 heterocycles. The summed E-state index contributed by atoms with van der Waals surface area (Å²) in [4.78, 5) is 32.1. The van der Waals surface area contributed by atoms with Crippen LogP contribution in [0.5, 0.6) is 0 Å². The number of rotatable bonds is 6. The number of carbonyl (C=O) groups excluding carboxylic acids is 2. The molecule has 0 aliphatic heterocycles. The Bertz CT molecular complexity index is 968. The number of hydrogen-bond acceptors (Lipinski definition) is 4. The van der Waals surface area contributed by atoms with Gasteiger partial charge in [-0.05, 0) is 43.7 Å². The first-order chi connectivity index (χ1) is 12.9. The molecule has 3 rings (SSSR count). The van der Waals surface area contributed by atoms with Gasteiger partial charge < -0.3 is 15.0 Å². The predicted octanol–water partition coefficient (Wildman–Crippen LogP) is 4.03. The van der Waals surface area contributed by atoms with E-state index in [9.17, 15) is 9.59 Å². The highest BCUT2D eigenvalue weighted by Gasteiger charge is 2.22. The van der Waals surface area contributed by atoms with Crippen molar-refractivity contribution in [3.63, 3.8) is 0 Å². The molecule has 2 aromatic carbocycles. The van der Waals surface area contributed by atoms with Gasteiger partial charge >= 0.3 is 5.97 Å². The van der Waals surface area contributed by atoms with Gasteiger partial charge in [0.15, 0.2) is 0 Å². The fourth-order valence-electron chi connectivity index (χ4n) is 2.79. The molecule has 3 aromatic rings. The van der Waals surface area contributed by atoms with Crippen molar-refractivity contribution in [3.05, 3.63) is 64.9 Å². The van der Waals surface area contributed by atoms with Crippen molar-refractivity contribution in [1.82, 2.24) is 15.3 Å². The average molecular weight is 386 g/mol. The maximum Gasteiger partial charge on any atom is 0.308 e. The number of aromatic amines is 1. The number of carbonyl (C=O) groups is 2. The molecule has 0 saturated heterocycles. The lowest BCUT2D eigenvalue weighted by Gasteiger charge is -2.20. The Balaban J connectivity index is 1.84. The van der Waals surface area contributed by atoms with E-state index in [1.54, 1.807) is 56.6 Å². The number of hydrogen-bond donors (Lipinski definition) is 2. The Morgan fingerprint density at radius 3 is 2.74 bits per heavy atom. The summed E-state index contributed by atoms with van der Waals surface area (Å²) < 4.78 is 5.23. The van der Waals surface area contributed by atoms with Crippen molar-refractivity contribution in [1.29, 1.82) is 0 Å². The first-order valence-corrected chi connectivity index (χ1v) is 8.99. The highest BCUT2D eigenvalue weighted by atomic mass is 35.5. The number of amides is 1. The lowest BCUT2D eigenvalue weighted by atomic mass is 10.0. The molecule has 0 unspecified atom stereocenters. The van der Waals surface area contributed by atoms with Gasteiger partial charge in [-0.1, -0.05) is 29.8 Å². The Morgan fingerprint density at radius 1 is 1.22 bits per heavy atom. The van der Waals surface area contributed by atoms with Gasteiger partial charge in [0.05, 0.1) is 35.9 Å². The number of benzene rings is 2. The van der Waals surface area contributed by atoms with Crippen LogP contribution in [0.4, 0.5) is 0 Å². The van der Waals surface area contributed by atoms with Gasteiger partial charge in [-0.2, -0.15) is 0 Å². The largest absolute Gasteiger partial charge is 0.463 e. The smallest absolute Gasteiger partial charge is 0.308 e. The molecular weight excluding hydrogens is 366 g/mol. The molecule has 0 spiro atoms. The number of esters is 1. The van der Waals surface area contributed by atoms with E-state index in [-0.39, 0.29) is 18.4 Å². The number of aromatic nitrogens is 2. The van der Waals surface area contributed by atoms with E-state index in [1.165, 1.54) is 0 Å². The summed E-state index contributed by atoms with van der Waals surface area (Å²) in [5, 5.41) is 3.37. The van der Waals surface area contributed by atoms with E-state index >= 15 is 0 Å². The number of halogens is 1. The third-order valence-corrected chi connectivity index (χ3v) is 4.35. The fourth-order valence-corrected chi connectivity index (χ4v) is 3.06. The molecule has 0 radical (unpaired) electrons. The number of nitrogens with one attached hydrogen (secondary N) is 2. The molecule has 1 aromatic heterocycles. The van der Waals surface area contributed by atoms with Gasteiger partial charge in [-0.25, -0.2) is 4.98 Å². The summed E-state index contributed by atoms with van der Waals surface area (Å²) in [7, 11) is 0. The van der Waals surface area contributed by atoms with Crippen LogP contribution in [0.15, 0.2) is 48.8 Å². The number of imidazole rings is 1. The SMILES string of the molecule is CC(C)OC(=O)C[C@H](NC(=O)c1ccc2nc[nH]c2c1)c1ccccc1Cl. The lowest BCUT2D eigenvalue weighted by molar-refractivity contribution is -0.147. The van der Waals surface area contributed by atoms with Crippen LogP contribution >= 0.6 is 11.6 Å². The van der Waals surface area contributed by atoms with Crippen molar-refractivity contribution in [2.75, 3.05) is 0 Å². The first kappa shape index (κ1) is 18.9. The van der Waals surface area contributed by atoms with Crippen molar-refractivity contribution < 1.29 is 14.3 Å². The number of H-pyrrole nitrogens is 1. The Hall–Kier alpha value is -2.86. The average Bonchev–Trinajstić information content (AvgIpc) is 3.08. The van der Waals surface area contributed by atoms with Crippen LogP contribution in [0.2, 0.25) is 5.02 Å². The minimum Gasteiger partial charge on any atom is -0.463 e. The van der Waals surface area contributed by atoms with Gasteiger partial charge in [0.25, 0.3) is 5.91 Å². The number of nitrogens with zero attached hydrogens (tertiary/aromatic N) is 1. The summed E-state index contributed by atoms with van der Waals surface area (Å²) >= 11 is 6.28. The minimum absolute atomic E-state index is 0.0139. The third-order valence-electron chi connectivity index (χ3n) is 4.01. The second-order valence-electron chi connectivity index (χ2n) is 6.42. The summed E-state index contributed by atoms with van der Waals surface area (Å²) in [6, 6.07) is 11.7. The summed E-state index contributed by atoms with van der Waals surface area (Å²) in [5.41, 5.74) is 2.66. The van der Waals surface area contributed by atoms with E-state index < -0.39 is 12.0 Å². The standard InChI is InChI=1S/C20H20ClN3O3/c1-12(2)27-19(25)10-17(14-5-3-4-6-15(14)21)24-20(26)13-7-8-16-18(9-13)23-11-22-16/h3-9,11-12,17H,10H2,1-2H3,(H,22,23)(H,24,26)/t17-/m0/s1. The summed E-state index contributed by atoms with van der Waals surface area (Å²) in [6.07, 6.45) is 1.32. The van der Waals surface area contributed by atoms with Gasteiger partial charge in [-0.15, -0.1) is 0 Å². The highest BCUT2D eigenvalue weighted by molar-refractivity contribution is 6.31. The van der Waals surface area contributed by atoms with E-state index in [0.717, 1.165) is 11.0 Å². The Labute approximate surface area is 161 Å². The zero-order valence-corrected chi connectivity index (χ0v) is 15.8. The molecule has 140 valence electrons. The zero-order valence-electron chi connectivity index (χ0n) is 15.0. The van der Waals surface area contributed by atoms with Crippen LogP contribution < -0.4 is 5.32 Å². The van der Waals surface area contributed by atoms with Gasteiger partial charge in [0.2, 0.25) is 0 Å². The predicted molar refractivity (Wildman–Crippen MR) is 104 cm³/mol. The van der Waals surface area contributed by atoms with Crippen LogP contribution in [-0.4, -0.2) is 27.9 Å². The molecule has 27 heavy (non-hydrogen) atoms. The van der Waals surface area contributed by atoms with Crippen molar-refractivity contribution in [2.45, 2.75) is 32.4 Å². The normalized spacial score (nSPS) is 12.1. The maximum atomic E-state index is 12.8. The molecule has 2 N–H and O–H groups in total. The lowest BCUT2D eigenvalue weighted by Crippen LogP contribution is -2.31. The Kier molecular flexibility index (Phi) is 5.76. The van der Waals surface area contributed by atoms with Crippen LogP contribution in [0.1, 0.15) is 42.2 Å². The molecule has 0 bridgehead atoms. The van der Waals surface area contributed by atoms with E-state index in [1.807, 2.05) is 6.07 Å². The fraction of sp³-hybridized carbons (Fsp3) is 0.250.